The van der Waals surface area contributed by atoms with E-state index in [1.54, 1.807) is 49.3 Å². The summed E-state index contributed by atoms with van der Waals surface area (Å²) in [5, 5.41) is 2.89. The third-order valence-electron chi connectivity index (χ3n) is 6.00. The van der Waals surface area contributed by atoms with Crippen LogP contribution in [-0.4, -0.2) is 58.3 Å². The molecule has 2 aromatic carbocycles. The summed E-state index contributed by atoms with van der Waals surface area (Å²) in [6.07, 6.45) is 0.559. The van der Waals surface area contributed by atoms with Gasteiger partial charge in [0, 0.05) is 31.9 Å². The molecule has 1 spiro atoms. The van der Waals surface area contributed by atoms with Crippen molar-refractivity contribution in [3.05, 3.63) is 42.0 Å². The molecule has 0 saturated carbocycles. The van der Waals surface area contributed by atoms with E-state index in [-0.39, 0.29) is 11.9 Å². The van der Waals surface area contributed by atoms with Crippen LogP contribution in [0.5, 0.6) is 17.2 Å². The molecule has 30 heavy (non-hydrogen) atoms. The van der Waals surface area contributed by atoms with Gasteiger partial charge in [-0.1, -0.05) is 0 Å². The Balaban J connectivity index is 1.58. The maximum atomic E-state index is 13.2. The summed E-state index contributed by atoms with van der Waals surface area (Å²) in [6.45, 7) is 0.779. The fourth-order valence-electron chi connectivity index (χ4n) is 4.34. The van der Waals surface area contributed by atoms with E-state index in [0.717, 1.165) is 11.3 Å². The Bertz CT molecular complexity index is 1010. The molecule has 2 aliphatic heterocycles. The molecule has 1 N–H and O–H groups in total. The van der Waals surface area contributed by atoms with Crippen molar-refractivity contribution in [3.8, 4) is 17.2 Å². The molecule has 4 rings (SSSR count). The van der Waals surface area contributed by atoms with Crippen LogP contribution in [0.3, 0.4) is 0 Å². The van der Waals surface area contributed by atoms with Crippen LogP contribution in [0.2, 0.25) is 0 Å². The highest BCUT2D eigenvalue weighted by atomic mass is 16.5. The van der Waals surface area contributed by atoms with Crippen molar-refractivity contribution in [1.29, 1.82) is 0 Å². The largest absolute Gasteiger partial charge is 0.497 e. The topological polar surface area (TPSA) is 80.3 Å². The van der Waals surface area contributed by atoms with Gasteiger partial charge < -0.3 is 29.3 Å². The average molecular weight is 411 g/mol. The maximum Gasteiger partial charge on any atom is 0.321 e. The number of likely N-dealkylation sites (N-methyl/N-ethyl adjacent to an activating group) is 1. The van der Waals surface area contributed by atoms with Crippen LogP contribution in [0.25, 0.3) is 0 Å². The Kier molecular flexibility index (Phi) is 4.93. The van der Waals surface area contributed by atoms with Gasteiger partial charge in [0.25, 0.3) is 0 Å². The number of hydrogen-bond donors (Lipinski definition) is 1. The first-order valence-corrected chi connectivity index (χ1v) is 9.68. The molecule has 1 fully saturated rings. The summed E-state index contributed by atoms with van der Waals surface area (Å²) in [7, 11) is 6.48. The van der Waals surface area contributed by atoms with Crippen LogP contribution in [0.15, 0.2) is 36.4 Å². The number of rotatable bonds is 4. The molecule has 0 aromatic heterocycles. The standard InChI is InChI=1S/C22H25N3O5/c1-24-18-8-6-14(28-2)11-16(18)22(20(24)26)9-10-25(13-22)21(27)23-17-7-5-15(29-3)12-19(17)30-4/h5-8,11-12H,9-10,13H2,1-4H3,(H,23,27)/t22-/m0/s1. The van der Waals surface area contributed by atoms with Gasteiger partial charge in [-0.2, -0.15) is 0 Å². The molecule has 3 amide bonds. The first kappa shape index (κ1) is 19.9. The number of methoxy groups -OCH3 is 3. The van der Waals surface area contributed by atoms with Crippen molar-refractivity contribution in [2.75, 3.05) is 51.7 Å². The Hall–Kier alpha value is -3.42. The number of hydrogen-bond acceptors (Lipinski definition) is 5. The Labute approximate surface area is 175 Å². The summed E-state index contributed by atoms with van der Waals surface area (Å²) < 4.78 is 15.9. The lowest BCUT2D eigenvalue weighted by Gasteiger charge is -2.24. The molecular formula is C22H25N3O5. The number of urea groups is 1. The second kappa shape index (κ2) is 7.44. The van der Waals surface area contributed by atoms with E-state index in [0.29, 0.717) is 42.4 Å². The fraction of sp³-hybridized carbons (Fsp3) is 0.364. The van der Waals surface area contributed by atoms with E-state index >= 15 is 0 Å². The number of benzene rings is 2. The molecule has 1 atom stereocenters. The molecule has 2 heterocycles. The molecule has 0 bridgehead atoms. The Morgan fingerprint density at radius 1 is 1.03 bits per heavy atom. The van der Waals surface area contributed by atoms with E-state index in [4.69, 9.17) is 14.2 Å². The van der Waals surface area contributed by atoms with Gasteiger partial charge in [0.15, 0.2) is 0 Å². The summed E-state index contributed by atoms with van der Waals surface area (Å²) >= 11 is 0. The number of ether oxygens (including phenoxy) is 3. The number of fused-ring (bicyclic) bond motifs is 2. The second-order valence-corrected chi connectivity index (χ2v) is 7.50. The zero-order valence-corrected chi connectivity index (χ0v) is 17.5. The van der Waals surface area contributed by atoms with Crippen LogP contribution >= 0.6 is 0 Å². The van der Waals surface area contributed by atoms with Crippen molar-refractivity contribution in [2.45, 2.75) is 11.8 Å². The number of likely N-dealkylation sites (tertiary alicyclic amines) is 1. The molecule has 2 aromatic rings. The number of anilines is 2. The van der Waals surface area contributed by atoms with E-state index < -0.39 is 5.41 Å². The molecule has 0 radical (unpaired) electrons. The van der Waals surface area contributed by atoms with Crippen molar-refractivity contribution >= 4 is 23.3 Å². The lowest BCUT2D eigenvalue weighted by molar-refractivity contribution is -0.122. The minimum atomic E-state index is -0.750. The van der Waals surface area contributed by atoms with Crippen LogP contribution in [-0.2, 0) is 10.2 Å². The third-order valence-corrected chi connectivity index (χ3v) is 6.00. The van der Waals surface area contributed by atoms with Gasteiger partial charge in [0.2, 0.25) is 5.91 Å². The first-order chi connectivity index (χ1) is 14.4. The van der Waals surface area contributed by atoms with Gasteiger partial charge in [-0.3, -0.25) is 4.79 Å². The van der Waals surface area contributed by atoms with Gasteiger partial charge in [-0.25, -0.2) is 4.79 Å². The van der Waals surface area contributed by atoms with E-state index in [1.165, 1.54) is 7.11 Å². The van der Waals surface area contributed by atoms with Crippen LogP contribution in [0.4, 0.5) is 16.2 Å². The monoisotopic (exact) mass is 411 g/mol. The summed E-state index contributed by atoms with van der Waals surface area (Å²) in [5.74, 6) is 1.84. The Morgan fingerprint density at radius 2 is 1.73 bits per heavy atom. The predicted octanol–water partition coefficient (Wildman–Crippen LogP) is 2.86. The highest BCUT2D eigenvalue weighted by molar-refractivity contribution is 6.09. The summed E-state index contributed by atoms with van der Waals surface area (Å²) in [6, 6.07) is 10.6. The highest BCUT2D eigenvalue weighted by Gasteiger charge is 2.54. The number of nitrogens with one attached hydrogen (secondary N) is 1. The first-order valence-electron chi connectivity index (χ1n) is 9.68. The maximum absolute atomic E-state index is 13.2. The molecule has 0 unspecified atom stereocenters. The average Bonchev–Trinajstić information content (AvgIpc) is 3.31. The summed E-state index contributed by atoms with van der Waals surface area (Å²) in [5.41, 5.74) is 1.56. The van der Waals surface area contributed by atoms with Gasteiger partial charge in [0.05, 0.1) is 32.4 Å². The van der Waals surface area contributed by atoms with Crippen molar-refractivity contribution < 1.29 is 23.8 Å². The molecular weight excluding hydrogens is 386 g/mol. The van der Waals surface area contributed by atoms with Crippen LogP contribution in [0.1, 0.15) is 12.0 Å². The van der Waals surface area contributed by atoms with Gasteiger partial charge in [-0.15, -0.1) is 0 Å². The smallest absolute Gasteiger partial charge is 0.321 e. The lowest BCUT2D eigenvalue weighted by Crippen LogP contribution is -2.43. The van der Waals surface area contributed by atoms with E-state index in [1.807, 2.05) is 18.2 Å². The van der Waals surface area contributed by atoms with Crippen LogP contribution < -0.4 is 24.4 Å². The highest BCUT2D eigenvalue weighted by Crippen LogP contribution is 2.48. The molecule has 0 aliphatic carbocycles. The Morgan fingerprint density at radius 3 is 2.43 bits per heavy atom. The minimum Gasteiger partial charge on any atom is -0.497 e. The summed E-state index contributed by atoms with van der Waals surface area (Å²) in [4.78, 5) is 29.5. The number of carbonyl (C=O) groups is 2. The van der Waals surface area contributed by atoms with Crippen molar-refractivity contribution in [3.63, 3.8) is 0 Å². The van der Waals surface area contributed by atoms with Crippen LogP contribution in [0, 0.1) is 0 Å². The number of amides is 3. The predicted molar refractivity (Wildman–Crippen MR) is 113 cm³/mol. The molecule has 8 heteroatoms. The molecule has 2 aliphatic rings. The van der Waals surface area contributed by atoms with Gasteiger partial charge >= 0.3 is 6.03 Å². The number of nitrogens with zero attached hydrogens (tertiary/aromatic N) is 2. The quantitative estimate of drug-likeness (QED) is 0.837. The van der Waals surface area contributed by atoms with Crippen molar-refractivity contribution in [1.82, 2.24) is 4.90 Å². The fourth-order valence-corrected chi connectivity index (χ4v) is 4.34. The second-order valence-electron chi connectivity index (χ2n) is 7.50. The lowest BCUT2D eigenvalue weighted by atomic mass is 9.81. The molecule has 1 saturated heterocycles. The zero-order chi connectivity index (χ0) is 21.5. The van der Waals surface area contributed by atoms with E-state index in [2.05, 4.69) is 5.32 Å². The number of carbonyl (C=O) groups excluding carboxylic acids is 2. The SMILES string of the molecule is COc1ccc(NC(=O)N2CC[C@@]3(C2)C(=O)N(C)c2ccc(OC)cc23)c(OC)c1. The molecule has 158 valence electrons. The van der Waals surface area contributed by atoms with E-state index in [9.17, 15) is 9.59 Å². The van der Waals surface area contributed by atoms with Crippen molar-refractivity contribution in [2.24, 2.45) is 0 Å². The van der Waals surface area contributed by atoms with Gasteiger partial charge in [-0.05, 0) is 42.3 Å². The third kappa shape index (κ3) is 2.99. The zero-order valence-electron chi connectivity index (χ0n) is 17.5. The van der Waals surface area contributed by atoms with Gasteiger partial charge in [0.1, 0.15) is 17.2 Å². The molecule has 8 nitrogen and oxygen atoms in total. The normalized spacial score (nSPS) is 19.8. The minimum absolute atomic E-state index is 0.00285.